The Labute approximate surface area is 212 Å². The summed E-state index contributed by atoms with van der Waals surface area (Å²) >= 11 is 0. The van der Waals surface area contributed by atoms with E-state index < -0.39 is 11.8 Å². The van der Waals surface area contributed by atoms with Crippen molar-refractivity contribution in [2.45, 2.75) is 11.8 Å². The Kier molecular flexibility index (Phi) is 7.91. The van der Waals surface area contributed by atoms with Gasteiger partial charge in [0.15, 0.2) is 5.78 Å². The standard InChI is InChI=1S/C31H30O5/c1-33-25-13-5-21(6-14-25)29(22-7-15-26(34-2)16-8-22)31(32)30(23-9-17-27(35-3)18-10-23)24-11-19-28(36-4)20-12-24/h5-20,29-30H,1-4H3. The fourth-order valence-corrected chi connectivity index (χ4v) is 4.39. The quantitative estimate of drug-likeness (QED) is 0.267. The van der Waals surface area contributed by atoms with Gasteiger partial charge in [0.2, 0.25) is 0 Å². The highest BCUT2D eigenvalue weighted by Gasteiger charge is 2.32. The molecule has 0 N–H and O–H groups in total. The summed E-state index contributed by atoms with van der Waals surface area (Å²) in [5, 5.41) is 0. The molecule has 0 aliphatic carbocycles. The second-order valence-corrected chi connectivity index (χ2v) is 8.36. The van der Waals surface area contributed by atoms with Crippen LogP contribution in [0.5, 0.6) is 23.0 Å². The zero-order valence-electron chi connectivity index (χ0n) is 20.9. The van der Waals surface area contributed by atoms with E-state index >= 15 is 0 Å². The van der Waals surface area contributed by atoms with E-state index in [0.29, 0.717) is 0 Å². The molecule has 0 aromatic heterocycles. The molecule has 36 heavy (non-hydrogen) atoms. The van der Waals surface area contributed by atoms with E-state index in [1.54, 1.807) is 28.4 Å². The second-order valence-electron chi connectivity index (χ2n) is 8.36. The van der Waals surface area contributed by atoms with Gasteiger partial charge in [-0.05, 0) is 70.8 Å². The van der Waals surface area contributed by atoms with Crippen molar-refractivity contribution >= 4 is 5.78 Å². The summed E-state index contributed by atoms with van der Waals surface area (Å²) in [5.74, 6) is 2.00. The SMILES string of the molecule is COc1ccc(C(C(=O)C(c2ccc(OC)cc2)c2ccc(OC)cc2)c2ccc(OC)cc2)cc1. The molecule has 0 aliphatic rings. The van der Waals surface area contributed by atoms with Crippen molar-refractivity contribution in [3.8, 4) is 23.0 Å². The maximum atomic E-state index is 14.5. The van der Waals surface area contributed by atoms with Crippen molar-refractivity contribution in [1.29, 1.82) is 0 Å². The smallest absolute Gasteiger partial charge is 0.156 e. The summed E-state index contributed by atoms with van der Waals surface area (Å²) < 4.78 is 21.4. The van der Waals surface area contributed by atoms with Crippen molar-refractivity contribution in [3.05, 3.63) is 119 Å². The van der Waals surface area contributed by atoms with E-state index in [9.17, 15) is 4.79 Å². The average Bonchev–Trinajstić information content (AvgIpc) is 2.95. The van der Waals surface area contributed by atoms with Crippen LogP contribution in [0.3, 0.4) is 0 Å². The lowest BCUT2D eigenvalue weighted by Crippen LogP contribution is -2.23. The molecule has 0 saturated carbocycles. The monoisotopic (exact) mass is 482 g/mol. The molecular weight excluding hydrogens is 452 g/mol. The fourth-order valence-electron chi connectivity index (χ4n) is 4.39. The van der Waals surface area contributed by atoms with Gasteiger partial charge in [-0.25, -0.2) is 0 Å². The van der Waals surface area contributed by atoms with Crippen molar-refractivity contribution in [3.63, 3.8) is 0 Å². The summed E-state index contributed by atoms with van der Waals surface area (Å²) in [6, 6.07) is 30.7. The zero-order valence-corrected chi connectivity index (χ0v) is 20.9. The van der Waals surface area contributed by atoms with Crippen LogP contribution in [0.25, 0.3) is 0 Å². The largest absolute Gasteiger partial charge is 0.497 e. The lowest BCUT2D eigenvalue weighted by atomic mass is 9.77. The van der Waals surface area contributed by atoms with E-state index in [1.807, 2.05) is 97.1 Å². The molecule has 0 bridgehead atoms. The van der Waals surface area contributed by atoms with Crippen LogP contribution in [0.2, 0.25) is 0 Å². The minimum Gasteiger partial charge on any atom is -0.497 e. The first-order valence-electron chi connectivity index (χ1n) is 11.7. The van der Waals surface area contributed by atoms with Gasteiger partial charge in [-0.15, -0.1) is 0 Å². The molecule has 0 fully saturated rings. The van der Waals surface area contributed by atoms with Crippen LogP contribution >= 0.6 is 0 Å². The topological polar surface area (TPSA) is 54.0 Å². The van der Waals surface area contributed by atoms with Crippen molar-refractivity contribution in [2.75, 3.05) is 28.4 Å². The Morgan fingerprint density at radius 2 is 0.611 bits per heavy atom. The van der Waals surface area contributed by atoms with E-state index in [0.717, 1.165) is 45.3 Å². The number of benzene rings is 4. The molecule has 0 amide bonds. The molecule has 4 aromatic carbocycles. The molecule has 0 unspecified atom stereocenters. The predicted molar refractivity (Wildman–Crippen MR) is 141 cm³/mol. The summed E-state index contributed by atoms with van der Waals surface area (Å²) in [4.78, 5) is 14.5. The molecule has 0 spiro atoms. The highest BCUT2D eigenvalue weighted by atomic mass is 16.5. The number of rotatable bonds is 10. The Morgan fingerprint density at radius 1 is 0.417 bits per heavy atom. The minimum absolute atomic E-state index is 0.0562. The van der Waals surface area contributed by atoms with E-state index in [2.05, 4.69) is 0 Å². The predicted octanol–water partition coefficient (Wildman–Crippen LogP) is 6.25. The molecule has 5 heteroatoms. The van der Waals surface area contributed by atoms with Gasteiger partial charge < -0.3 is 18.9 Å². The first-order valence-corrected chi connectivity index (χ1v) is 11.7. The maximum Gasteiger partial charge on any atom is 0.156 e. The number of hydrogen-bond acceptors (Lipinski definition) is 5. The number of hydrogen-bond donors (Lipinski definition) is 0. The number of carbonyl (C=O) groups is 1. The highest BCUT2D eigenvalue weighted by Crippen LogP contribution is 2.37. The first-order chi connectivity index (χ1) is 17.6. The normalized spacial score (nSPS) is 10.8. The number of ketones is 1. The molecule has 0 radical (unpaired) electrons. The van der Waals surface area contributed by atoms with Gasteiger partial charge in [0.05, 0.1) is 40.3 Å². The Balaban J connectivity index is 1.85. The molecule has 0 heterocycles. The molecule has 184 valence electrons. The first kappa shape index (κ1) is 24.9. The van der Waals surface area contributed by atoms with Crippen LogP contribution in [0, 0.1) is 0 Å². The van der Waals surface area contributed by atoms with Crippen molar-refractivity contribution in [2.24, 2.45) is 0 Å². The van der Waals surface area contributed by atoms with Gasteiger partial charge in [0, 0.05) is 0 Å². The summed E-state index contributed by atoms with van der Waals surface area (Å²) in [7, 11) is 6.52. The highest BCUT2D eigenvalue weighted by molar-refractivity contribution is 5.97. The van der Waals surface area contributed by atoms with Crippen LogP contribution < -0.4 is 18.9 Å². The van der Waals surface area contributed by atoms with Gasteiger partial charge in [-0.3, -0.25) is 4.79 Å². The van der Waals surface area contributed by atoms with Crippen LogP contribution in [-0.2, 0) is 4.79 Å². The van der Waals surface area contributed by atoms with Gasteiger partial charge in [0.25, 0.3) is 0 Å². The third kappa shape index (κ3) is 5.36. The Morgan fingerprint density at radius 3 is 0.778 bits per heavy atom. The molecule has 0 aliphatic heterocycles. The van der Waals surface area contributed by atoms with E-state index in [4.69, 9.17) is 18.9 Å². The van der Waals surface area contributed by atoms with Crippen LogP contribution in [0.1, 0.15) is 34.1 Å². The van der Waals surface area contributed by atoms with Gasteiger partial charge in [-0.2, -0.15) is 0 Å². The van der Waals surface area contributed by atoms with Crippen molar-refractivity contribution in [1.82, 2.24) is 0 Å². The minimum atomic E-state index is -0.504. The lowest BCUT2D eigenvalue weighted by molar-refractivity contribution is -0.120. The summed E-state index contributed by atoms with van der Waals surface area (Å²) in [6.07, 6.45) is 0. The van der Waals surface area contributed by atoms with Crippen LogP contribution in [0.4, 0.5) is 0 Å². The van der Waals surface area contributed by atoms with Gasteiger partial charge in [0.1, 0.15) is 23.0 Å². The second kappa shape index (κ2) is 11.5. The fraction of sp³-hybridized carbons (Fsp3) is 0.194. The van der Waals surface area contributed by atoms with Crippen LogP contribution in [0.15, 0.2) is 97.1 Å². The molecule has 0 saturated heterocycles. The Bertz CT molecular complexity index is 1060. The van der Waals surface area contributed by atoms with Crippen molar-refractivity contribution < 1.29 is 23.7 Å². The molecule has 4 aromatic rings. The maximum absolute atomic E-state index is 14.5. The molecule has 4 rings (SSSR count). The van der Waals surface area contributed by atoms with Crippen LogP contribution in [-0.4, -0.2) is 34.2 Å². The summed E-state index contributed by atoms with van der Waals surface area (Å²) in [6.45, 7) is 0. The number of Topliss-reactive ketones (excluding diaryl/α,β-unsaturated/α-hetero) is 1. The van der Waals surface area contributed by atoms with Gasteiger partial charge in [-0.1, -0.05) is 48.5 Å². The Hall–Kier alpha value is -4.25. The third-order valence-corrected chi connectivity index (χ3v) is 6.37. The number of ether oxygens (including phenoxy) is 4. The lowest BCUT2D eigenvalue weighted by Gasteiger charge is -2.25. The zero-order chi connectivity index (χ0) is 25.5. The number of methoxy groups -OCH3 is 4. The van der Waals surface area contributed by atoms with E-state index in [-0.39, 0.29) is 5.78 Å². The third-order valence-electron chi connectivity index (χ3n) is 6.37. The van der Waals surface area contributed by atoms with Gasteiger partial charge >= 0.3 is 0 Å². The summed E-state index contributed by atoms with van der Waals surface area (Å²) in [5.41, 5.74) is 3.55. The molecular formula is C31H30O5. The molecule has 5 nitrogen and oxygen atoms in total. The molecule has 0 atom stereocenters. The van der Waals surface area contributed by atoms with E-state index in [1.165, 1.54) is 0 Å². The number of carbonyl (C=O) groups excluding carboxylic acids is 1. The average molecular weight is 483 g/mol.